The molecule has 1 heterocycles. The monoisotopic (exact) mass is 371 g/mol. The predicted octanol–water partition coefficient (Wildman–Crippen LogP) is 2.71. The lowest BCUT2D eigenvalue weighted by atomic mass is 10.2. The molecule has 1 aliphatic heterocycles. The molecule has 9 heteroatoms. The number of sulfonamides is 1. The number of nitrogens with zero attached hydrogens (tertiary/aromatic N) is 1. The number of hydrogen-bond acceptors (Lipinski definition) is 5. The number of halogens is 2. The van der Waals surface area contributed by atoms with Crippen LogP contribution in [0.25, 0.3) is 0 Å². The lowest BCUT2D eigenvalue weighted by Gasteiger charge is -2.14. The van der Waals surface area contributed by atoms with Gasteiger partial charge < -0.3 is 4.74 Å². The van der Waals surface area contributed by atoms with E-state index in [2.05, 4.69) is 0 Å². The van der Waals surface area contributed by atoms with E-state index in [9.17, 15) is 18.0 Å². The number of esters is 1. The van der Waals surface area contributed by atoms with E-state index in [0.717, 1.165) is 12.8 Å². The van der Waals surface area contributed by atoms with Crippen molar-refractivity contribution in [2.75, 3.05) is 13.2 Å². The molecular weight excluding hydrogens is 353 g/mol. The molecule has 0 spiro atoms. The fourth-order valence-corrected chi connectivity index (χ4v) is 3.80. The Hall–Kier alpha value is -0.790. The van der Waals surface area contributed by atoms with Crippen LogP contribution in [-0.4, -0.2) is 37.8 Å². The van der Waals surface area contributed by atoms with Crippen LogP contribution in [0.15, 0.2) is 9.40 Å². The van der Waals surface area contributed by atoms with Gasteiger partial charge in [-0.1, -0.05) is 43.0 Å². The molecule has 0 saturated carbocycles. The minimum absolute atomic E-state index is 0.00150. The molecule has 0 aromatic rings. The van der Waals surface area contributed by atoms with Crippen LogP contribution in [0, 0.1) is 0 Å². The lowest BCUT2D eigenvalue weighted by molar-refractivity contribution is -0.143. The van der Waals surface area contributed by atoms with Gasteiger partial charge in [-0.25, -0.2) is 4.31 Å². The topological polar surface area (TPSA) is 80.8 Å². The molecule has 0 aliphatic carbocycles. The number of carbonyl (C=O) groups is 2. The summed E-state index contributed by atoms with van der Waals surface area (Å²) in [5.41, 5.74) is 0. The van der Waals surface area contributed by atoms with E-state index in [-0.39, 0.29) is 18.9 Å². The second-order valence-corrected chi connectivity index (χ2v) is 7.63. The van der Waals surface area contributed by atoms with Crippen LogP contribution in [-0.2, 0) is 24.3 Å². The zero-order valence-electron chi connectivity index (χ0n) is 12.3. The normalized spacial score (nSPS) is 17.2. The maximum absolute atomic E-state index is 11.8. The van der Waals surface area contributed by atoms with E-state index in [0.29, 0.717) is 30.2 Å². The quantitative estimate of drug-likeness (QED) is 0.459. The fourth-order valence-electron chi connectivity index (χ4n) is 1.84. The van der Waals surface area contributed by atoms with Crippen LogP contribution in [0.3, 0.4) is 0 Å². The molecule has 1 rings (SSSR count). The largest absolute Gasteiger partial charge is 0.466 e. The number of amides is 1. The van der Waals surface area contributed by atoms with Gasteiger partial charge in [-0.3, -0.25) is 9.59 Å². The summed E-state index contributed by atoms with van der Waals surface area (Å²) in [5.74, 6) is -1.06. The maximum atomic E-state index is 11.8. The summed E-state index contributed by atoms with van der Waals surface area (Å²) in [5, 5.41) is -0.471. The third kappa shape index (κ3) is 4.86. The highest BCUT2D eigenvalue weighted by atomic mass is 35.5. The van der Waals surface area contributed by atoms with Gasteiger partial charge in [0.15, 0.2) is 4.36 Å². The molecule has 22 heavy (non-hydrogen) atoms. The van der Waals surface area contributed by atoms with Crippen molar-refractivity contribution in [3.8, 4) is 0 Å². The summed E-state index contributed by atoms with van der Waals surface area (Å²) in [6.07, 6.45) is 3.69. The van der Waals surface area contributed by atoms with Crippen LogP contribution < -0.4 is 0 Å². The molecule has 0 aromatic carbocycles. The van der Waals surface area contributed by atoms with Crippen LogP contribution >= 0.6 is 23.2 Å². The SMILES string of the molecule is CCCCOC(=O)CCCCCN1C(=O)C(Cl)=C(Cl)S1(=O)=O. The molecule has 0 unspecified atom stereocenters. The minimum atomic E-state index is -3.98. The van der Waals surface area contributed by atoms with Crippen LogP contribution in [0.1, 0.15) is 45.4 Å². The Morgan fingerprint density at radius 2 is 1.86 bits per heavy atom. The summed E-state index contributed by atoms with van der Waals surface area (Å²) < 4.78 is 28.6. The van der Waals surface area contributed by atoms with Crippen LogP contribution in [0.5, 0.6) is 0 Å². The van der Waals surface area contributed by atoms with Crippen molar-refractivity contribution in [3.63, 3.8) is 0 Å². The van der Waals surface area contributed by atoms with Gasteiger partial charge in [-0.05, 0) is 19.3 Å². The van der Waals surface area contributed by atoms with Gasteiger partial charge in [0.25, 0.3) is 15.9 Å². The van der Waals surface area contributed by atoms with Gasteiger partial charge >= 0.3 is 5.97 Å². The first-order valence-electron chi connectivity index (χ1n) is 7.10. The standard InChI is InChI=1S/C13H19Cl2NO5S/c1-2-3-9-21-10(17)7-5-4-6-8-16-13(18)11(14)12(15)22(16,19)20/h2-9H2,1H3. The number of ether oxygens (including phenoxy) is 1. The number of unbranched alkanes of at least 4 members (excludes halogenated alkanes) is 3. The van der Waals surface area contributed by atoms with Crippen molar-refractivity contribution in [2.45, 2.75) is 45.4 Å². The highest BCUT2D eigenvalue weighted by Gasteiger charge is 2.41. The molecule has 6 nitrogen and oxygen atoms in total. The van der Waals surface area contributed by atoms with Gasteiger partial charge in [0.2, 0.25) is 0 Å². The Labute approximate surface area is 140 Å². The summed E-state index contributed by atoms with van der Waals surface area (Å²) >= 11 is 11.1. The Kier molecular flexibility index (Phi) is 7.65. The molecule has 0 radical (unpaired) electrons. The number of rotatable bonds is 9. The number of hydrogen-bond donors (Lipinski definition) is 0. The third-order valence-corrected chi connectivity index (χ3v) is 6.03. The summed E-state index contributed by atoms with van der Waals surface area (Å²) in [6.45, 7) is 2.44. The highest BCUT2D eigenvalue weighted by Crippen LogP contribution is 2.33. The summed E-state index contributed by atoms with van der Waals surface area (Å²) in [7, 11) is -3.98. The van der Waals surface area contributed by atoms with Gasteiger partial charge in [-0.2, -0.15) is 8.42 Å². The fraction of sp³-hybridized carbons (Fsp3) is 0.692. The Morgan fingerprint density at radius 3 is 2.41 bits per heavy atom. The second-order valence-electron chi connectivity index (χ2n) is 4.85. The van der Waals surface area contributed by atoms with E-state index in [4.69, 9.17) is 27.9 Å². The second kappa shape index (κ2) is 8.74. The Bertz CT molecular complexity index is 559. The van der Waals surface area contributed by atoms with Crippen molar-refractivity contribution in [2.24, 2.45) is 0 Å². The molecule has 0 fully saturated rings. The van der Waals surface area contributed by atoms with E-state index in [1.807, 2.05) is 6.92 Å². The van der Waals surface area contributed by atoms with Crippen molar-refractivity contribution >= 4 is 45.1 Å². The molecular formula is C13H19Cl2NO5S. The van der Waals surface area contributed by atoms with Crippen molar-refractivity contribution in [1.29, 1.82) is 0 Å². The average Bonchev–Trinajstić information content (AvgIpc) is 2.61. The zero-order chi connectivity index (χ0) is 16.8. The molecule has 1 aliphatic rings. The van der Waals surface area contributed by atoms with Crippen molar-refractivity contribution in [1.82, 2.24) is 4.31 Å². The van der Waals surface area contributed by atoms with Gasteiger partial charge in [0.05, 0.1) is 6.61 Å². The third-order valence-electron chi connectivity index (χ3n) is 3.11. The summed E-state index contributed by atoms with van der Waals surface area (Å²) in [6, 6.07) is 0. The van der Waals surface area contributed by atoms with Crippen molar-refractivity contribution in [3.05, 3.63) is 9.40 Å². The van der Waals surface area contributed by atoms with Crippen molar-refractivity contribution < 1.29 is 22.7 Å². The lowest BCUT2D eigenvalue weighted by Crippen LogP contribution is -2.32. The highest BCUT2D eigenvalue weighted by molar-refractivity contribution is 7.95. The predicted molar refractivity (Wildman–Crippen MR) is 83.7 cm³/mol. The van der Waals surface area contributed by atoms with E-state index in [1.54, 1.807) is 0 Å². The first kappa shape index (κ1) is 19.3. The van der Waals surface area contributed by atoms with Crippen LogP contribution in [0.4, 0.5) is 0 Å². The molecule has 0 atom stereocenters. The molecule has 126 valence electrons. The first-order chi connectivity index (χ1) is 10.3. The molecule has 0 aromatic heterocycles. The maximum Gasteiger partial charge on any atom is 0.305 e. The number of carbonyl (C=O) groups excluding carboxylic acids is 2. The Morgan fingerprint density at radius 1 is 1.18 bits per heavy atom. The molecule has 1 amide bonds. The zero-order valence-corrected chi connectivity index (χ0v) is 14.6. The van der Waals surface area contributed by atoms with Crippen LogP contribution in [0.2, 0.25) is 0 Å². The Balaban J connectivity index is 2.26. The molecule has 0 bridgehead atoms. The molecule has 0 saturated heterocycles. The molecule has 0 N–H and O–H groups in total. The average molecular weight is 372 g/mol. The van der Waals surface area contributed by atoms with Gasteiger partial charge in [0.1, 0.15) is 5.03 Å². The van der Waals surface area contributed by atoms with E-state index in [1.165, 1.54) is 0 Å². The summed E-state index contributed by atoms with van der Waals surface area (Å²) in [4.78, 5) is 23.0. The van der Waals surface area contributed by atoms with E-state index < -0.39 is 25.3 Å². The van der Waals surface area contributed by atoms with E-state index >= 15 is 0 Å². The first-order valence-corrected chi connectivity index (χ1v) is 9.30. The van der Waals surface area contributed by atoms with Gasteiger partial charge in [0, 0.05) is 13.0 Å². The van der Waals surface area contributed by atoms with Gasteiger partial charge in [-0.15, -0.1) is 0 Å². The minimum Gasteiger partial charge on any atom is -0.466 e. The smallest absolute Gasteiger partial charge is 0.305 e.